The fourth-order valence-electron chi connectivity index (χ4n) is 3.21. The molecule has 9 heteroatoms. The van der Waals surface area contributed by atoms with Crippen LogP contribution in [0.3, 0.4) is 0 Å². The Balaban J connectivity index is 2.02. The van der Waals surface area contributed by atoms with Crippen LogP contribution >= 0.6 is 0 Å². The van der Waals surface area contributed by atoms with Crippen LogP contribution in [-0.4, -0.2) is 22.6 Å². The second-order valence-electron chi connectivity index (χ2n) is 6.29. The lowest BCUT2D eigenvalue weighted by Gasteiger charge is -2.13. The molecule has 0 bridgehead atoms. The molecule has 0 amide bonds. The first-order valence-corrected chi connectivity index (χ1v) is 10.0. The van der Waals surface area contributed by atoms with Gasteiger partial charge in [0, 0.05) is 11.8 Å². The minimum absolute atomic E-state index is 0.0297. The van der Waals surface area contributed by atoms with Crippen molar-refractivity contribution in [3.8, 4) is 11.5 Å². The van der Waals surface area contributed by atoms with E-state index in [0.717, 1.165) is 0 Å². The summed E-state index contributed by atoms with van der Waals surface area (Å²) in [7, 11) is -1.28. The van der Waals surface area contributed by atoms with Crippen LogP contribution in [0.1, 0.15) is 5.76 Å². The van der Waals surface area contributed by atoms with Crippen molar-refractivity contribution in [2.24, 2.45) is 0 Å². The summed E-state index contributed by atoms with van der Waals surface area (Å²) in [5, 5.41) is 0.383. The summed E-state index contributed by atoms with van der Waals surface area (Å²) in [6.45, 7) is 1.56. The van der Waals surface area contributed by atoms with Crippen molar-refractivity contribution in [1.82, 2.24) is 0 Å². The Labute approximate surface area is 165 Å². The lowest BCUT2D eigenvalue weighted by Crippen LogP contribution is -2.15. The van der Waals surface area contributed by atoms with Crippen LogP contribution in [0.4, 0.5) is 5.69 Å². The van der Waals surface area contributed by atoms with Crippen LogP contribution in [0, 0.1) is 6.92 Å². The van der Waals surface area contributed by atoms with E-state index in [1.54, 1.807) is 37.3 Å². The molecule has 1 N–H and O–H groups in total. The van der Waals surface area contributed by atoms with E-state index in [1.807, 2.05) is 0 Å². The Kier molecular flexibility index (Phi) is 4.46. The van der Waals surface area contributed by atoms with Gasteiger partial charge in [-0.3, -0.25) is 9.52 Å². The third-order valence-corrected chi connectivity index (χ3v) is 5.85. The highest BCUT2D eigenvalue weighted by Gasteiger charge is 2.30. The minimum atomic E-state index is -4.19. The quantitative estimate of drug-likeness (QED) is 0.530. The molecule has 29 heavy (non-hydrogen) atoms. The molecule has 2 heterocycles. The molecule has 2 aromatic heterocycles. The van der Waals surface area contributed by atoms with Crippen LogP contribution < -0.4 is 19.6 Å². The lowest BCUT2D eigenvalue weighted by molar-refractivity contribution is 0.415. The van der Waals surface area contributed by atoms with Gasteiger partial charge in [0.1, 0.15) is 22.6 Å². The van der Waals surface area contributed by atoms with Crippen molar-refractivity contribution < 1.29 is 26.7 Å². The van der Waals surface area contributed by atoms with Gasteiger partial charge >= 0.3 is 0 Å². The average Bonchev–Trinajstić information content (AvgIpc) is 3.15. The molecule has 150 valence electrons. The first-order chi connectivity index (χ1) is 13.9. The number of hydrogen-bond acceptors (Lipinski definition) is 7. The van der Waals surface area contributed by atoms with Gasteiger partial charge in [-0.15, -0.1) is 0 Å². The largest absolute Gasteiger partial charge is 0.497 e. The Hall–Kier alpha value is -3.46. The predicted octanol–water partition coefficient (Wildman–Crippen LogP) is 3.67. The van der Waals surface area contributed by atoms with Crippen LogP contribution in [0.25, 0.3) is 21.9 Å². The van der Waals surface area contributed by atoms with Crippen molar-refractivity contribution in [2.45, 2.75) is 11.8 Å². The number of anilines is 1. The fraction of sp³-hybridized carbons (Fsp3) is 0.150. The lowest BCUT2D eigenvalue weighted by atomic mass is 10.1. The van der Waals surface area contributed by atoms with E-state index in [4.69, 9.17) is 18.3 Å². The third-order valence-electron chi connectivity index (χ3n) is 4.44. The molecule has 0 spiro atoms. The van der Waals surface area contributed by atoms with Gasteiger partial charge in [-0.1, -0.05) is 0 Å². The molecule has 0 saturated carbocycles. The van der Waals surface area contributed by atoms with E-state index in [9.17, 15) is 13.2 Å². The van der Waals surface area contributed by atoms with Gasteiger partial charge in [0.25, 0.3) is 10.0 Å². The highest BCUT2D eigenvalue weighted by molar-refractivity contribution is 7.93. The topological polar surface area (TPSA) is 108 Å². The SMILES string of the molecule is COc1ccc(NS(=O)(=O)c2c3occc3c(OC)c3c(=O)cc(C)oc23)cc1. The molecule has 0 radical (unpaired) electrons. The number of fused-ring (bicyclic) bond motifs is 2. The van der Waals surface area contributed by atoms with E-state index in [1.165, 1.54) is 26.5 Å². The predicted molar refractivity (Wildman–Crippen MR) is 107 cm³/mol. The summed E-state index contributed by atoms with van der Waals surface area (Å²) in [5.74, 6) is 1.04. The Morgan fingerprint density at radius 2 is 1.72 bits per heavy atom. The average molecular weight is 415 g/mol. The Bertz CT molecular complexity index is 1380. The normalized spacial score (nSPS) is 11.7. The molecular formula is C20H17NO7S. The summed E-state index contributed by atoms with van der Waals surface area (Å²) in [5.41, 5.74) is -0.200. The second kappa shape index (κ2) is 6.85. The minimum Gasteiger partial charge on any atom is -0.497 e. The molecule has 0 atom stereocenters. The van der Waals surface area contributed by atoms with E-state index in [-0.39, 0.29) is 33.0 Å². The van der Waals surface area contributed by atoms with E-state index >= 15 is 0 Å². The second-order valence-corrected chi connectivity index (χ2v) is 7.90. The van der Waals surface area contributed by atoms with Crippen LogP contribution in [0.5, 0.6) is 11.5 Å². The maximum absolute atomic E-state index is 13.3. The molecule has 0 aliphatic rings. The van der Waals surface area contributed by atoms with Gasteiger partial charge < -0.3 is 18.3 Å². The number of benzene rings is 2. The number of furan rings is 1. The summed E-state index contributed by atoms with van der Waals surface area (Å²) < 4.78 is 50.7. The Morgan fingerprint density at radius 3 is 2.38 bits per heavy atom. The molecule has 0 unspecified atom stereocenters. The smallest absolute Gasteiger partial charge is 0.269 e. The number of sulfonamides is 1. The van der Waals surface area contributed by atoms with Gasteiger partial charge in [0.2, 0.25) is 0 Å². The van der Waals surface area contributed by atoms with Gasteiger partial charge in [0.05, 0.1) is 25.9 Å². The molecule has 0 fully saturated rings. The summed E-state index contributed by atoms with van der Waals surface area (Å²) in [6, 6.07) is 9.18. The number of ether oxygens (including phenoxy) is 2. The van der Waals surface area contributed by atoms with Crippen molar-refractivity contribution in [1.29, 1.82) is 0 Å². The number of rotatable bonds is 5. The van der Waals surface area contributed by atoms with Crippen LogP contribution in [0.2, 0.25) is 0 Å². The summed E-state index contributed by atoms with van der Waals surface area (Å²) >= 11 is 0. The Morgan fingerprint density at radius 1 is 1.00 bits per heavy atom. The zero-order valence-corrected chi connectivity index (χ0v) is 16.6. The first-order valence-electron chi connectivity index (χ1n) is 8.54. The van der Waals surface area contributed by atoms with Crippen LogP contribution in [0.15, 0.2) is 61.2 Å². The van der Waals surface area contributed by atoms with Crippen molar-refractivity contribution >= 4 is 37.6 Å². The zero-order chi connectivity index (χ0) is 20.8. The molecule has 0 aliphatic heterocycles. The number of hydrogen-bond donors (Lipinski definition) is 1. The molecule has 4 aromatic rings. The molecule has 0 saturated heterocycles. The van der Waals surface area contributed by atoms with Gasteiger partial charge in [-0.25, -0.2) is 8.42 Å². The number of nitrogens with one attached hydrogen (secondary N) is 1. The van der Waals surface area contributed by atoms with Gasteiger partial charge in [-0.2, -0.15) is 0 Å². The summed E-state index contributed by atoms with van der Waals surface area (Å²) in [6.07, 6.45) is 1.33. The fourth-order valence-corrected chi connectivity index (χ4v) is 4.55. The number of aryl methyl sites for hydroxylation is 1. The molecule has 8 nitrogen and oxygen atoms in total. The summed E-state index contributed by atoms with van der Waals surface area (Å²) in [4.78, 5) is 12.4. The first kappa shape index (κ1) is 18.9. The maximum atomic E-state index is 13.3. The van der Waals surface area contributed by atoms with Gasteiger partial charge in [-0.05, 0) is 37.3 Å². The third kappa shape index (κ3) is 3.09. The van der Waals surface area contributed by atoms with E-state index < -0.39 is 15.5 Å². The molecular weight excluding hydrogens is 398 g/mol. The highest BCUT2D eigenvalue weighted by atomic mass is 32.2. The zero-order valence-electron chi connectivity index (χ0n) is 15.8. The van der Waals surface area contributed by atoms with Crippen LogP contribution in [-0.2, 0) is 10.0 Å². The van der Waals surface area contributed by atoms with Crippen molar-refractivity contribution in [3.63, 3.8) is 0 Å². The van der Waals surface area contributed by atoms with E-state index in [2.05, 4.69) is 4.72 Å². The highest BCUT2D eigenvalue weighted by Crippen LogP contribution is 2.40. The maximum Gasteiger partial charge on any atom is 0.269 e. The molecule has 2 aromatic carbocycles. The van der Waals surface area contributed by atoms with Crippen molar-refractivity contribution in [2.75, 3.05) is 18.9 Å². The van der Waals surface area contributed by atoms with E-state index in [0.29, 0.717) is 16.8 Å². The number of methoxy groups -OCH3 is 2. The monoisotopic (exact) mass is 415 g/mol. The molecule has 0 aliphatic carbocycles. The molecule has 4 rings (SSSR count). The van der Waals surface area contributed by atoms with Crippen molar-refractivity contribution in [3.05, 3.63) is 58.6 Å². The standard InChI is InChI=1S/C20H17NO7S/c1-11-10-15(22)16-17(26-3)14-8-9-27-18(14)20(19(16)28-11)29(23,24)21-12-4-6-13(25-2)7-5-12/h4-10,21H,1-3H3. The van der Waals surface area contributed by atoms with Gasteiger partial charge in [0.15, 0.2) is 21.5 Å².